The highest BCUT2D eigenvalue weighted by molar-refractivity contribution is 5.37. The van der Waals surface area contributed by atoms with Gasteiger partial charge in [0.15, 0.2) is 0 Å². The third kappa shape index (κ3) is 2.02. The lowest BCUT2D eigenvalue weighted by atomic mass is 9.87. The first-order valence-corrected chi connectivity index (χ1v) is 6.83. The van der Waals surface area contributed by atoms with Crippen LogP contribution in [0.4, 0.5) is 0 Å². The van der Waals surface area contributed by atoms with Crippen LogP contribution in [0.3, 0.4) is 0 Å². The molecule has 3 rings (SSSR count). The average molecular weight is 246 g/mol. The first-order valence-electron chi connectivity index (χ1n) is 6.83. The van der Waals surface area contributed by atoms with Crippen molar-refractivity contribution in [2.45, 2.75) is 32.2 Å². The van der Waals surface area contributed by atoms with Gasteiger partial charge >= 0.3 is 0 Å². The van der Waals surface area contributed by atoms with Gasteiger partial charge in [0.05, 0.1) is 7.11 Å². The molecule has 3 heteroatoms. The summed E-state index contributed by atoms with van der Waals surface area (Å²) >= 11 is 0. The van der Waals surface area contributed by atoms with E-state index >= 15 is 0 Å². The van der Waals surface area contributed by atoms with E-state index in [1.807, 2.05) is 6.07 Å². The Morgan fingerprint density at radius 3 is 2.56 bits per heavy atom. The summed E-state index contributed by atoms with van der Waals surface area (Å²) in [6.45, 7) is 2.14. The fourth-order valence-electron chi connectivity index (χ4n) is 3.64. The van der Waals surface area contributed by atoms with Crippen molar-refractivity contribution >= 4 is 0 Å². The predicted octanol–water partition coefficient (Wildman–Crippen LogP) is 2.55. The topological polar surface area (TPSA) is 47.3 Å². The van der Waals surface area contributed by atoms with Crippen LogP contribution < -0.4 is 16.0 Å². The average Bonchev–Trinajstić information content (AvgIpc) is 2.99. The smallest absolute Gasteiger partial charge is 0.119 e. The Hall–Kier alpha value is -1.06. The number of methoxy groups -OCH3 is 1. The van der Waals surface area contributed by atoms with E-state index in [2.05, 4.69) is 24.5 Å². The molecule has 2 saturated carbocycles. The Morgan fingerprint density at radius 2 is 2.00 bits per heavy atom. The zero-order valence-corrected chi connectivity index (χ0v) is 11.1. The summed E-state index contributed by atoms with van der Waals surface area (Å²) in [5.41, 5.74) is 5.62. The van der Waals surface area contributed by atoms with Crippen molar-refractivity contribution in [2.24, 2.45) is 23.6 Å². The molecule has 2 aliphatic rings. The van der Waals surface area contributed by atoms with Crippen molar-refractivity contribution < 1.29 is 4.74 Å². The van der Waals surface area contributed by atoms with Gasteiger partial charge in [-0.1, -0.05) is 6.07 Å². The van der Waals surface area contributed by atoms with Gasteiger partial charge < -0.3 is 4.74 Å². The summed E-state index contributed by atoms with van der Waals surface area (Å²) in [7, 11) is 1.71. The van der Waals surface area contributed by atoms with Crippen LogP contribution in [0.1, 0.15) is 36.4 Å². The van der Waals surface area contributed by atoms with Crippen LogP contribution in [0, 0.1) is 24.7 Å². The maximum Gasteiger partial charge on any atom is 0.119 e. The molecule has 0 aliphatic heterocycles. The summed E-state index contributed by atoms with van der Waals surface area (Å²) in [4.78, 5) is 0. The van der Waals surface area contributed by atoms with Crippen LogP contribution in [0.5, 0.6) is 5.75 Å². The van der Waals surface area contributed by atoms with E-state index in [-0.39, 0.29) is 0 Å². The number of fused-ring (bicyclic) bond motifs is 1. The second kappa shape index (κ2) is 4.56. The molecule has 3 N–H and O–H groups in total. The lowest BCUT2D eigenvalue weighted by Crippen LogP contribution is -2.33. The van der Waals surface area contributed by atoms with Crippen molar-refractivity contribution in [3.8, 4) is 5.75 Å². The third-order valence-corrected chi connectivity index (χ3v) is 4.74. The fourth-order valence-corrected chi connectivity index (χ4v) is 3.64. The third-order valence-electron chi connectivity index (χ3n) is 4.74. The Balaban J connectivity index is 1.82. The molecule has 18 heavy (non-hydrogen) atoms. The highest BCUT2D eigenvalue weighted by Crippen LogP contribution is 2.57. The van der Waals surface area contributed by atoms with Gasteiger partial charge in [0.2, 0.25) is 0 Å². The van der Waals surface area contributed by atoms with Crippen molar-refractivity contribution in [2.75, 3.05) is 7.11 Å². The molecule has 0 heterocycles. The number of rotatable bonds is 4. The standard InChI is InChI=1S/C15H22N2O/c1-9-5-13(18-2)3-4-14(9)15(17-16)12-7-10-6-11(10)8-12/h3-5,10-12,15,17H,6-8,16H2,1-2H3. The number of hydrogen-bond donors (Lipinski definition) is 2. The molecule has 3 unspecified atom stereocenters. The first kappa shape index (κ1) is 12.0. The molecule has 0 amide bonds. The summed E-state index contributed by atoms with van der Waals surface area (Å²) in [5, 5.41) is 0. The SMILES string of the molecule is COc1ccc(C(NN)C2CC3CC3C2)c(C)c1. The van der Waals surface area contributed by atoms with Gasteiger partial charge in [-0.05, 0) is 67.2 Å². The Labute approximate surface area is 109 Å². The number of nitrogens with one attached hydrogen (secondary N) is 1. The molecule has 3 atom stereocenters. The second-order valence-electron chi connectivity index (χ2n) is 5.85. The van der Waals surface area contributed by atoms with Crippen molar-refractivity contribution in [1.82, 2.24) is 5.43 Å². The van der Waals surface area contributed by atoms with Gasteiger partial charge in [0, 0.05) is 6.04 Å². The minimum Gasteiger partial charge on any atom is -0.497 e. The number of benzene rings is 1. The molecule has 3 nitrogen and oxygen atoms in total. The van der Waals surface area contributed by atoms with Crippen LogP contribution in [0.2, 0.25) is 0 Å². The number of aryl methyl sites for hydroxylation is 1. The largest absolute Gasteiger partial charge is 0.497 e. The zero-order chi connectivity index (χ0) is 12.7. The fraction of sp³-hybridized carbons (Fsp3) is 0.600. The van der Waals surface area contributed by atoms with Gasteiger partial charge in [-0.2, -0.15) is 0 Å². The van der Waals surface area contributed by atoms with E-state index in [1.54, 1.807) is 7.11 Å². The summed E-state index contributed by atoms with van der Waals surface area (Å²) in [6, 6.07) is 6.57. The van der Waals surface area contributed by atoms with E-state index in [4.69, 9.17) is 10.6 Å². The molecule has 2 fully saturated rings. The molecule has 0 spiro atoms. The van der Waals surface area contributed by atoms with Crippen LogP contribution in [-0.4, -0.2) is 7.11 Å². The molecular weight excluding hydrogens is 224 g/mol. The zero-order valence-electron chi connectivity index (χ0n) is 11.1. The number of ether oxygens (including phenoxy) is 1. The van der Waals surface area contributed by atoms with E-state index in [0.29, 0.717) is 12.0 Å². The summed E-state index contributed by atoms with van der Waals surface area (Å²) in [5.74, 6) is 9.40. The van der Waals surface area contributed by atoms with Crippen LogP contribution in [0.15, 0.2) is 18.2 Å². The predicted molar refractivity (Wildman–Crippen MR) is 72.1 cm³/mol. The molecule has 1 aromatic carbocycles. The number of hydrazine groups is 1. The molecule has 98 valence electrons. The molecule has 0 aromatic heterocycles. The van der Waals surface area contributed by atoms with Gasteiger partial charge in [-0.3, -0.25) is 11.3 Å². The van der Waals surface area contributed by atoms with Gasteiger partial charge in [0.1, 0.15) is 5.75 Å². The van der Waals surface area contributed by atoms with E-state index in [1.165, 1.54) is 30.4 Å². The van der Waals surface area contributed by atoms with Crippen molar-refractivity contribution in [3.05, 3.63) is 29.3 Å². The van der Waals surface area contributed by atoms with Crippen molar-refractivity contribution in [1.29, 1.82) is 0 Å². The van der Waals surface area contributed by atoms with Crippen LogP contribution >= 0.6 is 0 Å². The molecule has 0 radical (unpaired) electrons. The maximum absolute atomic E-state index is 5.80. The maximum atomic E-state index is 5.80. The second-order valence-corrected chi connectivity index (χ2v) is 5.85. The van der Waals surface area contributed by atoms with E-state index < -0.39 is 0 Å². The summed E-state index contributed by atoms with van der Waals surface area (Å²) in [6.07, 6.45) is 4.13. The monoisotopic (exact) mass is 246 g/mol. The van der Waals surface area contributed by atoms with E-state index in [9.17, 15) is 0 Å². The molecule has 2 aliphatic carbocycles. The van der Waals surface area contributed by atoms with Gasteiger partial charge in [0.25, 0.3) is 0 Å². The van der Waals surface area contributed by atoms with Crippen LogP contribution in [0.25, 0.3) is 0 Å². The van der Waals surface area contributed by atoms with E-state index in [0.717, 1.165) is 17.6 Å². The van der Waals surface area contributed by atoms with Crippen LogP contribution in [-0.2, 0) is 0 Å². The Morgan fingerprint density at radius 1 is 1.28 bits per heavy atom. The number of nitrogens with two attached hydrogens (primary N) is 1. The first-order chi connectivity index (χ1) is 8.72. The molecule has 1 aromatic rings. The molecule has 0 bridgehead atoms. The Bertz CT molecular complexity index is 436. The van der Waals surface area contributed by atoms with Gasteiger partial charge in [-0.15, -0.1) is 0 Å². The summed E-state index contributed by atoms with van der Waals surface area (Å²) < 4.78 is 5.26. The lowest BCUT2D eigenvalue weighted by Gasteiger charge is -2.26. The lowest BCUT2D eigenvalue weighted by molar-refractivity contribution is 0.344. The minimum atomic E-state index is 0.295. The highest BCUT2D eigenvalue weighted by Gasteiger charge is 2.48. The molecule has 0 saturated heterocycles. The van der Waals surface area contributed by atoms with Gasteiger partial charge in [-0.25, -0.2) is 0 Å². The quantitative estimate of drug-likeness (QED) is 0.634. The van der Waals surface area contributed by atoms with Crippen molar-refractivity contribution in [3.63, 3.8) is 0 Å². The highest BCUT2D eigenvalue weighted by atomic mass is 16.5. The Kier molecular flexibility index (Phi) is 3.04. The normalized spacial score (nSPS) is 30.9. The molecular formula is C15H22N2O. The minimum absolute atomic E-state index is 0.295. The number of hydrogen-bond acceptors (Lipinski definition) is 3.